The molecule has 0 atom stereocenters. The lowest BCUT2D eigenvalue weighted by Gasteiger charge is -2.32. The number of aromatic hydroxyl groups is 1. The van der Waals surface area contributed by atoms with Crippen molar-refractivity contribution in [3.05, 3.63) is 89.5 Å². The number of benzene rings is 1. The number of likely N-dealkylation sites (tertiary alicyclic amines) is 1. The van der Waals surface area contributed by atoms with Gasteiger partial charge in [0.05, 0.1) is 5.56 Å². The van der Waals surface area contributed by atoms with Crippen LogP contribution in [-0.2, 0) is 13.1 Å². The van der Waals surface area contributed by atoms with Crippen molar-refractivity contribution < 1.29 is 9.90 Å². The van der Waals surface area contributed by atoms with E-state index < -0.39 is 5.91 Å². The minimum Gasteiger partial charge on any atom is -0.507 e. The van der Waals surface area contributed by atoms with Gasteiger partial charge in [-0.15, -0.1) is 0 Å². The molecule has 1 aliphatic rings. The number of piperidine rings is 1. The van der Waals surface area contributed by atoms with Crippen molar-refractivity contribution in [2.45, 2.75) is 31.8 Å². The summed E-state index contributed by atoms with van der Waals surface area (Å²) in [4.78, 5) is 22.7. The van der Waals surface area contributed by atoms with E-state index >= 15 is 0 Å². The molecule has 0 saturated carbocycles. The molecular weight excluding hydrogens is 414 g/mol. The number of carbonyl (C=O) groups is 1. The molecule has 0 spiro atoms. The Morgan fingerprint density at radius 1 is 1.03 bits per heavy atom. The van der Waals surface area contributed by atoms with Crippen molar-refractivity contribution in [2.24, 2.45) is 5.73 Å². The topological polar surface area (TPSA) is 97.3 Å². The average molecular weight is 442 g/mol. The molecule has 0 radical (unpaired) electrons. The molecule has 0 aliphatic carbocycles. The van der Waals surface area contributed by atoms with Crippen LogP contribution in [0, 0.1) is 0 Å². The largest absolute Gasteiger partial charge is 0.507 e. The number of phenols is 1. The predicted octanol–water partition coefficient (Wildman–Crippen LogP) is 3.66. The molecule has 7 nitrogen and oxygen atoms in total. The summed E-state index contributed by atoms with van der Waals surface area (Å²) in [5.41, 5.74) is 9.80. The summed E-state index contributed by atoms with van der Waals surface area (Å²) in [5, 5.41) is 11.2. The molecule has 4 aromatic rings. The summed E-state index contributed by atoms with van der Waals surface area (Å²) in [6.45, 7) is 3.69. The minimum atomic E-state index is -0.636. The molecule has 4 heterocycles. The Morgan fingerprint density at radius 3 is 2.55 bits per heavy atom. The maximum absolute atomic E-state index is 11.3. The molecular formula is C26H27N5O2. The van der Waals surface area contributed by atoms with Gasteiger partial charge in [-0.2, -0.15) is 0 Å². The first-order chi connectivity index (χ1) is 16.1. The number of primary amides is 1. The van der Waals surface area contributed by atoms with Crippen LogP contribution >= 0.6 is 0 Å². The summed E-state index contributed by atoms with van der Waals surface area (Å²) in [5.74, 6) is -0.206. The Hall–Kier alpha value is -3.71. The molecule has 1 amide bonds. The van der Waals surface area contributed by atoms with Gasteiger partial charge >= 0.3 is 0 Å². The lowest BCUT2D eigenvalue weighted by Crippen LogP contribution is -2.32. The Kier molecular flexibility index (Phi) is 5.79. The Morgan fingerprint density at radius 2 is 1.82 bits per heavy atom. The number of hydrogen-bond donors (Lipinski definition) is 2. The minimum absolute atomic E-state index is 0.0954. The highest BCUT2D eigenvalue weighted by Crippen LogP contribution is 2.30. The number of nitrogens with two attached hydrogens (primary N) is 1. The number of rotatable bonds is 6. The van der Waals surface area contributed by atoms with Gasteiger partial charge in [0.15, 0.2) is 0 Å². The van der Waals surface area contributed by atoms with E-state index in [4.69, 9.17) is 10.7 Å². The van der Waals surface area contributed by atoms with E-state index in [-0.39, 0.29) is 11.3 Å². The standard InChI is InChI=1S/C26H27N5O2/c27-25(33)23-2-1-19(13-24(23)32)17-31-12-7-21-14-22(15-29-26(21)31)20-5-10-30(11-6-20)16-18-3-8-28-9-4-18/h1-4,7-9,12-15,20,32H,5-6,10-11,16-17H2,(H2,27,33). The van der Waals surface area contributed by atoms with Gasteiger partial charge in [-0.05, 0) is 84.9 Å². The third kappa shape index (κ3) is 4.59. The van der Waals surface area contributed by atoms with Crippen LogP contribution < -0.4 is 5.73 Å². The number of nitrogens with zero attached hydrogens (tertiary/aromatic N) is 4. The number of pyridine rings is 2. The second kappa shape index (κ2) is 9.03. The van der Waals surface area contributed by atoms with Crippen LogP contribution in [0.2, 0.25) is 0 Å². The van der Waals surface area contributed by atoms with E-state index in [0.717, 1.165) is 49.1 Å². The number of hydrogen-bond acceptors (Lipinski definition) is 5. The SMILES string of the molecule is NC(=O)c1ccc(Cn2ccc3cc(C4CCN(Cc5ccncc5)CC4)cnc32)cc1O. The first-order valence-electron chi connectivity index (χ1n) is 11.2. The number of amides is 1. The quantitative estimate of drug-likeness (QED) is 0.476. The van der Waals surface area contributed by atoms with Gasteiger partial charge in [0.1, 0.15) is 11.4 Å². The first kappa shape index (κ1) is 21.2. The van der Waals surface area contributed by atoms with E-state index in [0.29, 0.717) is 12.5 Å². The zero-order chi connectivity index (χ0) is 22.8. The van der Waals surface area contributed by atoms with Gasteiger partial charge in [0.2, 0.25) is 0 Å². The van der Waals surface area contributed by atoms with Crippen molar-refractivity contribution >= 4 is 16.9 Å². The maximum Gasteiger partial charge on any atom is 0.252 e. The summed E-state index contributed by atoms with van der Waals surface area (Å²) in [7, 11) is 0. The third-order valence-electron chi connectivity index (χ3n) is 6.52. The highest BCUT2D eigenvalue weighted by atomic mass is 16.3. The van der Waals surface area contributed by atoms with Crippen LogP contribution in [0.5, 0.6) is 5.75 Å². The highest BCUT2D eigenvalue weighted by molar-refractivity contribution is 5.95. The van der Waals surface area contributed by atoms with Crippen molar-refractivity contribution in [3.63, 3.8) is 0 Å². The van der Waals surface area contributed by atoms with Crippen LogP contribution in [-0.4, -0.2) is 43.5 Å². The normalized spacial score (nSPS) is 15.2. The molecule has 3 aromatic heterocycles. The summed E-state index contributed by atoms with van der Waals surface area (Å²) < 4.78 is 2.05. The molecule has 168 valence electrons. The molecule has 0 bridgehead atoms. The summed E-state index contributed by atoms with van der Waals surface area (Å²) in [6.07, 6.45) is 9.99. The number of aromatic nitrogens is 3. The van der Waals surface area contributed by atoms with E-state index in [1.54, 1.807) is 18.2 Å². The maximum atomic E-state index is 11.3. The molecule has 7 heteroatoms. The van der Waals surface area contributed by atoms with Crippen LogP contribution in [0.25, 0.3) is 11.0 Å². The predicted molar refractivity (Wildman–Crippen MR) is 127 cm³/mol. The molecule has 0 unspecified atom stereocenters. The van der Waals surface area contributed by atoms with Gasteiger partial charge in [0.25, 0.3) is 5.91 Å². The summed E-state index contributed by atoms with van der Waals surface area (Å²) in [6, 6.07) is 13.5. The Balaban J connectivity index is 1.26. The molecule has 1 fully saturated rings. The fourth-order valence-electron chi connectivity index (χ4n) is 4.70. The second-order valence-electron chi connectivity index (χ2n) is 8.75. The Bertz CT molecular complexity index is 1280. The van der Waals surface area contributed by atoms with Gasteiger partial charge in [-0.25, -0.2) is 4.98 Å². The lowest BCUT2D eigenvalue weighted by atomic mass is 9.90. The first-order valence-corrected chi connectivity index (χ1v) is 11.2. The molecule has 1 saturated heterocycles. The fourth-order valence-corrected chi connectivity index (χ4v) is 4.70. The fraction of sp³-hybridized carbons (Fsp3) is 0.269. The third-order valence-corrected chi connectivity index (χ3v) is 6.52. The van der Waals surface area contributed by atoms with Gasteiger partial charge in [-0.3, -0.25) is 14.7 Å². The average Bonchev–Trinajstić information content (AvgIpc) is 3.22. The van der Waals surface area contributed by atoms with E-state index in [1.165, 1.54) is 11.1 Å². The van der Waals surface area contributed by atoms with Crippen LogP contribution in [0.1, 0.15) is 45.8 Å². The van der Waals surface area contributed by atoms with E-state index in [9.17, 15) is 9.90 Å². The van der Waals surface area contributed by atoms with Crippen LogP contribution in [0.3, 0.4) is 0 Å². The number of carbonyl (C=O) groups excluding carboxylic acids is 1. The van der Waals surface area contributed by atoms with Crippen LogP contribution in [0.15, 0.2) is 67.3 Å². The number of fused-ring (bicyclic) bond motifs is 1. The van der Waals surface area contributed by atoms with Crippen molar-refractivity contribution in [1.29, 1.82) is 0 Å². The van der Waals surface area contributed by atoms with Crippen molar-refractivity contribution in [2.75, 3.05) is 13.1 Å². The molecule has 33 heavy (non-hydrogen) atoms. The zero-order valence-electron chi connectivity index (χ0n) is 18.4. The second-order valence-corrected chi connectivity index (χ2v) is 8.75. The van der Waals surface area contributed by atoms with Crippen molar-refractivity contribution in [1.82, 2.24) is 19.4 Å². The van der Waals surface area contributed by atoms with E-state index in [2.05, 4.69) is 38.7 Å². The Labute approximate surface area is 192 Å². The molecule has 3 N–H and O–H groups in total. The lowest BCUT2D eigenvalue weighted by molar-refractivity contribution is 0.0997. The summed E-state index contributed by atoms with van der Waals surface area (Å²) >= 11 is 0. The van der Waals surface area contributed by atoms with Crippen LogP contribution in [0.4, 0.5) is 0 Å². The monoisotopic (exact) mass is 441 g/mol. The highest BCUT2D eigenvalue weighted by Gasteiger charge is 2.21. The molecule has 5 rings (SSSR count). The van der Waals surface area contributed by atoms with Gasteiger partial charge < -0.3 is 15.4 Å². The zero-order valence-corrected chi connectivity index (χ0v) is 18.4. The molecule has 1 aromatic carbocycles. The van der Waals surface area contributed by atoms with Gasteiger partial charge in [-0.1, -0.05) is 6.07 Å². The van der Waals surface area contributed by atoms with E-state index in [1.807, 2.05) is 24.8 Å². The smallest absolute Gasteiger partial charge is 0.252 e. The molecule has 1 aliphatic heterocycles. The van der Waals surface area contributed by atoms with Crippen molar-refractivity contribution in [3.8, 4) is 5.75 Å². The van der Waals surface area contributed by atoms with Gasteiger partial charge in [0, 0.05) is 43.3 Å².